The number of amides is 2. The largest absolute Gasteiger partial charge is 0.352 e. The Balaban J connectivity index is 2.07. The van der Waals surface area contributed by atoms with Crippen LogP contribution in [0, 0.1) is 13.8 Å². The van der Waals surface area contributed by atoms with Crippen molar-refractivity contribution in [2.45, 2.75) is 52.7 Å². The Labute approximate surface area is 236 Å². The van der Waals surface area contributed by atoms with Crippen LogP contribution >= 0.6 is 11.6 Å². The first-order chi connectivity index (χ1) is 18.3. The van der Waals surface area contributed by atoms with E-state index in [1.807, 2.05) is 75.4 Å². The van der Waals surface area contributed by atoms with Crippen molar-refractivity contribution in [2.75, 3.05) is 17.1 Å². The zero-order valence-corrected chi connectivity index (χ0v) is 24.6. The minimum absolute atomic E-state index is 0.133. The number of benzene rings is 3. The Kier molecular flexibility index (Phi) is 10.2. The minimum atomic E-state index is -3.86. The van der Waals surface area contributed by atoms with Crippen molar-refractivity contribution in [3.8, 4) is 0 Å². The van der Waals surface area contributed by atoms with E-state index in [2.05, 4.69) is 5.32 Å². The fraction of sp³-hybridized carbons (Fsp3) is 0.333. The number of hydrogen-bond donors (Lipinski definition) is 1. The Bertz CT molecular complexity index is 1390. The number of sulfonamides is 1. The lowest BCUT2D eigenvalue weighted by Gasteiger charge is -2.34. The molecule has 9 heteroatoms. The number of nitrogens with zero attached hydrogens (tertiary/aromatic N) is 2. The van der Waals surface area contributed by atoms with Gasteiger partial charge < -0.3 is 10.2 Å². The number of carbonyl (C=O) groups is 2. The highest BCUT2D eigenvalue weighted by atomic mass is 35.5. The second-order valence-corrected chi connectivity index (χ2v) is 12.4. The lowest BCUT2D eigenvalue weighted by Crippen LogP contribution is -2.54. The molecule has 0 heterocycles. The quantitative estimate of drug-likeness (QED) is 0.356. The zero-order valence-electron chi connectivity index (χ0n) is 23.0. The van der Waals surface area contributed by atoms with Crippen LogP contribution in [0.15, 0.2) is 72.8 Å². The van der Waals surface area contributed by atoms with Crippen LogP contribution in [0.5, 0.6) is 0 Å². The highest BCUT2D eigenvalue weighted by Gasteiger charge is 2.33. The van der Waals surface area contributed by atoms with Gasteiger partial charge in [0.05, 0.1) is 11.9 Å². The fourth-order valence-electron chi connectivity index (χ4n) is 4.27. The molecule has 0 spiro atoms. The molecular formula is C30H36ClN3O4S. The lowest BCUT2D eigenvalue weighted by atomic mass is 10.0. The Hall–Kier alpha value is -3.36. The minimum Gasteiger partial charge on any atom is -0.352 e. The van der Waals surface area contributed by atoms with E-state index in [0.717, 1.165) is 27.3 Å². The van der Waals surface area contributed by atoms with Crippen molar-refractivity contribution in [1.82, 2.24) is 10.2 Å². The van der Waals surface area contributed by atoms with Crippen LogP contribution < -0.4 is 9.62 Å². The Morgan fingerprint density at radius 1 is 0.923 bits per heavy atom. The molecule has 0 unspecified atom stereocenters. The van der Waals surface area contributed by atoms with Gasteiger partial charge in [-0.3, -0.25) is 13.9 Å². The monoisotopic (exact) mass is 569 g/mol. The van der Waals surface area contributed by atoms with Crippen molar-refractivity contribution in [3.05, 3.63) is 100 Å². The van der Waals surface area contributed by atoms with Gasteiger partial charge in [0, 0.05) is 24.0 Å². The highest BCUT2D eigenvalue weighted by Crippen LogP contribution is 2.27. The molecule has 3 aromatic rings. The van der Waals surface area contributed by atoms with Gasteiger partial charge in [-0.25, -0.2) is 8.42 Å². The SMILES string of the molecule is Cc1ccc(CN(C(=O)CN(c2cc(Cl)ccc2C)S(C)(=O)=O)[C@H](Cc2ccccc2)C(=O)NC(C)C)cc1. The van der Waals surface area contributed by atoms with Crippen LogP contribution in [0.1, 0.15) is 36.1 Å². The average molecular weight is 570 g/mol. The summed E-state index contributed by atoms with van der Waals surface area (Å²) >= 11 is 6.19. The smallest absolute Gasteiger partial charge is 0.244 e. The summed E-state index contributed by atoms with van der Waals surface area (Å²) in [6.45, 7) is 7.10. The third-order valence-corrected chi connectivity index (χ3v) is 7.66. The second kappa shape index (κ2) is 13.1. The first kappa shape index (κ1) is 30.2. The molecule has 39 heavy (non-hydrogen) atoms. The van der Waals surface area contributed by atoms with Crippen LogP contribution in [-0.4, -0.2) is 50.0 Å². The summed E-state index contributed by atoms with van der Waals surface area (Å²) in [7, 11) is -3.86. The third-order valence-electron chi connectivity index (χ3n) is 6.29. The molecule has 0 aliphatic heterocycles. The van der Waals surface area contributed by atoms with Crippen molar-refractivity contribution in [2.24, 2.45) is 0 Å². The molecule has 3 aromatic carbocycles. The second-order valence-electron chi connectivity index (χ2n) is 10.1. The van der Waals surface area contributed by atoms with Crippen LogP contribution in [0.2, 0.25) is 5.02 Å². The molecule has 1 N–H and O–H groups in total. The van der Waals surface area contributed by atoms with Crippen molar-refractivity contribution in [1.29, 1.82) is 0 Å². The summed E-state index contributed by atoms with van der Waals surface area (Å²) in [5, 5.41) is 3.30. The molecule has 0 saturated carbocycles. The summed E-state index contributed by atoms with van der Waals surface area (Å²) in [6.07, 6.45) is 1.32. The number of carbonyl (C=O) groups excluding carboxylic acids is 2. The average Bonchev–Trinajstić information content (AvgIpc) is 2.86. The van der Waals surface area contributed by atoms with Crippen molar-refractivity contribution < 1.29 is 18.0 Å². The van der Waals surface area contributed by atoms with Gasteiger partial charge >= 0.3 is 0 Å². The molecule has 3 rings (SSSR count). The summed E-state index contributed by atoms with van der Waals surface area (Å²) in [5.41, 5.74) is 3.75. The number of anilines is 1. The molecule has 0 aromatic heterocycles. The van der Waals surface area contributed by atoms with E-state index in [-0.39, 0.29) is 24.9 Å². The molecule has 208 valence electrons. The van der Waals surface area contributed by atoms with Gasteiger partial charge in [-0.15, -0.1) is 0 Å². The van der Waals surface area contributed by atoms with Crippen LogP contribution in [0.4, 0.5) is 5.69 Å². The van der Waals surface area contributed by atoms with Crippen LogP contribution in [0.25, 0.3) is 0 Å². The number of nitrogens with one attached hydrogen (secondary N) is 1. The maximum atomic E-state index is 14.1. The van der Waals surface area contributed by atoms with Gasteiger partial charge in [0.2, 0.25) is 21.8 Å². The molecule has 0 fully saturated rings. The lowest BCUT2D eigenvalue weighted by molar-refractivity contribution is -0.140. The summed E-state index contributed by atoms with van der Waals surface area (Å²) in [4.78, 5) is 29.1. The van der Waals surface area contributed by atoms with Crippen molar-refractivity contribution >= 4 is 39.1 Å². The summed E-state index contributed by atoms with van der Waals surface area (Å²) in [5.74, 6) is -0.806. The first-order valence-electron chi connectivity index (χ1n) is 12.8. The number of rotatable bonds is 11. The molecule has 0 saturated heterocycles. The summed E-state index contributed by atoms with van der Waals surface area (Å²) in [6, 6.07) is 21.0. The van der Waals surface area contributed by atoms with E-state index in [1.165, 1.54) is 11.0 Å². The van der Waals surface area contributed by atoms with Gasteiger partial charge in [0.15, 0.2) is 0 Å². The molecule has 7 nitrogen and oxygen atoms in total. The Morgan fingerprint density at radius 2 is 1.56 bits per heavy atom. The van der Waals surface area contributed by atoms with Crippen LogP contribution in [0.3, 0.4) is 0 Å². The predicted octanol–water partition coefficient (Wildman–Crippen LogP) is 4.89. The molecule has 0 bridgehead atoms. The molecule has 0 radical (unpaired) electrons. The van der Waals surface area contributed by atoms with E-state index in [9.17, 15) is 18.0 Å². The van der Waals surface area contributed by atoms with Gasteiger partial charge in [-0.1, -0.05) is 77.8 Å². The maximum absolute atomic E-state index is 14.1. The van der Waals surface area contributed by atoms with E-state index in [1.54, 1.807) is 19.1 Å². The normalized spacial score (nSPS) is 12.2. The van der Waals surface area contributed by atoms with Crippen LogP contribution in [-0.2, 0) is 32.6 Å². The van der Waals surface area contributed by atoms with Gasteiger partial charge in [-0.05, 0) is 56.5 Å². The van der Waals surface area contributed by atoms with Crippen molar-refractivity contribution in [3.63, 3.8) is 0 Å². The van der Waals surface area contributed by atoms with E-state index in [0.29, 0.717) is 16.3 Å². The molecule has 1 atom stereocenters. The fourth-order valence-corrected chi connectivity index (χ4v) is 5.34. The number of aryl methyl sites for hydroxylation is 2. The molecule has 2 amide bonds. The van der Waals surface area contributed by atoms with Gasteiger partial charge in [0.25, 0.3) is 0 Å². The molecule has 0 aliphatic carbocycles. The van der Waals surface area contributed by atoms with Gasteiger partial charge in [0.1, 0.15) is 12.6 Å². The first-order valence-corrected chi connectivity index (χ1v) is 15.0. The van der Waals surface area contributed by atoms with E-state index >= 15 is 0 Å². The maximum Gasteiger partial charge on any atom is 0.244 e. The standard InChI is InChI=1S/C30H36ClN3O4S/c1-21(2)32-30(36)28(17-24-9-7-6-8-10-24)33(19-25-14-11-22(3)12-15-25)29(35)20-34(39(5,37)38)27-18-26(31)16-13-23(27)4/h6-16,18,21,28H,17,19-20H2,1-5H3,(H,32,36)/t28-/m1/s1. The summed E-state index contributed by atoms with van der Waals surface area (Å²) < 4.78 is 26.9. The van der Waals surface area contributed by atoms with E-state index in [4.69, 9.17) is 11.6 Å². The molecule has 0 aliphatic rings. The van der Waals surface area contributed by atoms with Gasteiger partial charge in [-0.2, -0.15) is 0 Å². The topological polar surface area (TPSA) is 86.8 Å². The third kappa shape index (κ3) is 8.57. The predicted molar refractivity (Wildman–Crippen MR) is 157 cm³/mol. The zero-order chi connectivity index (χ0) is 28.7. The number of halogens is 1. The molecular weight excluding hydrogens is 534 g/mol. The number of hydrogen-bond acceptors (Lipinski definition) is 4. The van der Waals surface area contributed by atoms with E-state index < -0.39 is 28.5 Å². The highest BCUT2D eigenvalue weighted by molar-refractivity contribution is 7.92. The Morgan fingerprint density at radius 3 is 2.15 bits per heavy atom.